The van der Waals surface area contributed by atoms with Crippen molar-refractivity contribution in [3.8, 4) is 0 Å². The molecule has 2 rings (SSSR count). The topological polar surface area (TPSA) is 46.9 Å². The first-order valence-corrected chi connectivity index (χ1v) is 6.04. The van der Waals surface area contributed by atoms with Gasteiger partial charge in [-0.05, 0) is 17.7 Å². The second kappa shape index (κ2) is 5.42. The van der Waals surface area contributed by atoms with E-state index in [9.17, 15) is 4.79 Å². The minimum Gasteiger partial charge on any atom is -0.387 e. The maximum absolute atomic E-state index is 11.8. The minimum atomic E-state index is -0.173. The van der Waals surface area contributed by atoms with Gasteiger partial charge < -0.3 is 5.32 Å². The van der Waals surface area contributed by atoms with Crippen LogP contribution in [0.15, 0.2) is 35.3 Å². The number of nitrogens with zero attached hydrogens (tertiary/aromatic N) is 2. The average Bonchev–Trinajstić information content (AvgIpc) is 2.36. The summed E-state index contributed by atoms with van der Waals surface area (Å²) in [6.07, 6.45) is 1.60. The van der Waals surface area contributed by atoms with Crippen molar-refractivity contribution in [2.45, 2.75) is 6.54 Å². The molecule has 0 aliphatic rings. The van der Waals surface area contributed by atoms with Crippen molar-refractivity contribution in [2.24, 2.45) is 0 Å². The monoisotopic (exact) mass is 283 g/mol. The van der Waals surface area contributed by atoms with Crippen LogP contribution < -0.4 is 10.9 Å². The molecule has 0 bridgehead atoms. The highest BCUT2D eigenvalue weighted by Crippen LogP contribution is 2.22. The quantitative estimate of drug-likeness (QED) is 0.942. The predicted molar refractivity (Wildman–Crippen MR) is 73.6 cm³/mol. The number of benzene rings is 1. The van der Waals surface area contributed by atoms with Gasteiger partial charge in [0.1, 0.15) is 0 Å². The molecule has 0 aliphatic heterocycles. The lowest BCUT2D eigenvalue weighted by molar-refractivity contribution is 0.640. The van der Waals surface area contributed by atoms with Gasteiger partial charge in [-0.2, -0.15) is 5.10 Å². The van der Waals surface area contributed by atoms with Crippen LogP contribution in [0, 0.1) is 0 Å². The van der Waals surface area contributed by atoms with Crippen LogP contribution in [0.5, 0.6) is 0 Å². The molecule has 94 valence electrons. The first kappa shape index (κ1) is 12.9. The van der Waals surface area contributed by atoms with Gasteiger partial charge in [-0.3, -0.25) is 4.79 Å². The SMILES string of the molecule is CNc1cnn(Cc2ccc(Cl)c(Cl)c2)c(=O)c1. The Hall–Kier alpha value is -1.52. The number of nitrogens with one attached hydrogen (secondary N) is 1. The molecule has 0 saturated carbocycles. The zero-order valence-electron chi connectivity index (χ0n) is 9.65. The maximum atomic E-state index is 11.8. The van der Waals surface area contributed by atoms with Crippen molar-refractivity contribution in [1.82, 2.24) is 9.78 Å². The Morgan fingerprint density at radius 3 is 2.67 bits per heavy atom. The fraction of sp³-hybridized carbons (Fsp3) is 0.167. The van der Waals surface area contributed by atoms with Crippen molar-refractivity contribution in [3.05, 3.63) is 56.4 Å². The van der Waals surface area contributed by atoms with Gasteiger partial charge in [0, 0.05) is 13.1 Å². The van der Waals surface area contributed by atoms with Crippen LogP contribution in [0.25, 0.3) is 0 Å². The normalized spacial score (nSPS) is 10.4. The van der Waals surface area contributed by atoms with Crippen LogP contribution in [0.3, 0.4) is 0 Å². The molecule has 1 heterocycles. The number of aromatic nitrogens is 2. The lowest BCUT2D eigenvalue weighted by Crippen LogP contribution is -2.22. The standard InChI is InChI=1S/C12H11Cl2N3O/c1-15-9-5-12(18)17(16-6-9)7-8-2-3-10(13)11(14)4-8/h2-6,15H,7H2,1H3. The molecule has 0 spiro atoms. The third-order valence-corrected chi connectivity index (χ3v) is 3.21. The zero-order chi connectivity index (χ0) is 13.1. The van der Waals surface area contributed by atoms with Crippen molar-refractivity contribution < 1.29 is 0 Å². The number of hydrogen-bond acceptors (Lipinski definition) is 3. The average molecular weight is 284 g/mol. The van der Waals surface area contributed by atoms with Gasteiger partial charge in [-0.25, -0.2) is 4.68 Å². The van der Waals surface area contributed by atoms with Gasteiger partial charge in [0.15, 0.2) is 0 Å². The van der Waals surface area contributed by atoms with Crippen LogP contribution >= 0.6 is 23.2 Å². The van der Waals surface area contributed by atoms with E-state index >= 15 is 0 Å². The summed E-state index contributed by atoms with van der Waals surface area (Å²) in [6, 6.07) is 6.73. The molecule has 6 heteroatoms. The number of hydrogen-bond donors (Lipinski definition) is 1. The second-order valence-corrected chi connectivity index (χ2v) is 4.55. The molecule has 4 nitrogen and oxygen atoms in total. The van der Waals surface area contributed by atoms with Crippen molar-refractivity contribution in [3.63, 3.8) is 0 Å². The first-order valence-electron chi connectivity index (χ1n) is 5.29. The maximum Gasteiger partial charge on any atom is 0.269 e. The highest BCUT2D eigenvalue weighted by atomic mass is 35.5. The fourth-order valence-electron chi connectivity index (χ4n) is 1.50. The number of rotatable bonds is 3. The molecule has 0 atom stereocenters. The Kier molecular flexibility index (Phi) is 3.89. The third kappa shape index (κ3) is 2.83. The van der Waals surface area contributed by atoms with Gasteiger partial charge in [0.05, 0.1) is 28.5 Å². The summed E-state index contributed by atoms with van der Waals surface area (Å²) in [5.74, 6) is 0. The first-order chi connectivity index (χ1) is 8.60. The molecule has 18 heavy (non-hydrogen) atoms. The minimum absolute atomic E-state index is 0.173. The third-order valence-electron chi connectivity index (χ3n) is 2.47. The highest BCUT2D eigenvalue weighted by Gasteiger charge is 2.03. The smallest absolute Gasteiger partial charge is 0.269 e. The van der Waals surface area contributed by atoms with E-state index in [0.717, 1.165) is 5.56 Å². The molecular formula is C12H11Cl2N3O. The van der Waals surface area contributed by atoms with Gasteiger partial charge in [0.25, 0.3) is 5.56 Å². The van der Waals surface area contributed by atoms with E-state index in [1.807, 2.05) is 6.07 Å². The van der Waals surface area contributed by atoms with Gasteiger partial charge in [0.2, 0.25) is 0 Å². The lowest BCUT2D eigenvalue weighted by Gasteiger charge is -2.06. The number of anilines is 1. The van der Waals surface area contributed by atoms with Crippen molar-refractivity contribution >= 4 is 28.9 Å². The Balaban J connectivity index is 2.28. The summed E-state index contributed by atoms with van der Waals surface area (Å²) < 4.78 is 1.36. The van der Waals surface area contributed by atoms with E-state index in [0.29, 0.717) is 22.3 Å². The number of halogens is 2. The summed E-state index contributed by atoms with van der Waals surface area (Å²) in [4.78, 5) is 11.8. The predicted octanol–water partition coefficient (Wildman–Crippen LogP) is 2.64. The Bertz CT molecular complexity index is 625. The largest absolute Gasteiger partial charge is 0.387 e. The summed E-state index contributed by atoms with van der Waals surface area (Å²) in [5.41, 5.74) is 1.38. The van der Waals surface area contributed by atoms with Gasteiger partial charge in [-0.15, -0.1) is 0 Å². The molecule has 0 aliphatic carbocycles. The van der Waals surface area contributed by atoms with Crippen molar-refractivity contribution in [2.75, 3.05) is 12.4 Å². The van der Waals surface area contributed by atoms with Crippen LogP contribution in [0.2, 0.25) is 10.0 Å². The molecule has 0 unspecified atom stereocenters. The molecule has 0 fully saturated rings. The van der Waals surface area contributed by atoms with Crippen LogP contribution in [0.1, 0.15) is 5.56 Å². The summed E-state index contributed by atoms with van der Waals surface area (Å²) in [7, 11) is 1.74. The van der Waals surface area contributed by atoms with E-state index in [2.05, 4.69) is 10.4 Å². The molecular weight excluding hydrogens is 273 g/mol. The summed E-state index contributed by atoms with van der Waals surface area (Å²) in [6.45, 7) is 0.361. The van der Waals surface area contributed by atoms with Crippen LogP contribution in [-0.2, 0) is 6.54 Å². The second-order valence-electron chi connectivity index (χ2n) is 3.74. The summed E-state index contributed by atoms with van der Waals surface area (Å²) >= 11 is 11.7. The Labute approximate surface area is 114 Å². The highest BCUT2D eigenvalue weighted by molar-refractivity contribution is 6.42. The fourth-order valence-corrected chi connectivity index (χ4v) is 1.82. The van der Waals surface area contributed by atoms with E-state index in [-0.39, 0.29) is 5.56 Å². The van der Waals surface area contributed by atoms with E-state index < -0.39 is 0 Å². The van der Waals surface area contributed by atoms with Crippen molar-refractivity contribution in [1.29, 1.82) is 0 Å². The molecule has 1 aromatic carbocycles. The summed E-state index contributed by atoms with van der Waals surface area (Å²) in [5, 5.41) is 7.88. The molecule has 1 aromatic heterocycles. The zero-order valence-corrected chi connectivity index (χ0v) is 11.2. The molecule has 1 N–H and O–H groups in total. The molecule has 2 aromatic rings. The Morgan fingerprint density at radius 1 is 1.28 bits per heavy atom. The van der Waals surface area contributed by atoms with Crippen LogP contribution in [-0.4, -0.2) is 16.8 Å². The molecule has 0 saturated heterocycles. The van der Waals surface area contributed by atoms with Crippen LogP contribution in [0.4, 0.5) is 5.69 Å². The molecule has 0 amide bonds. The lowest BCUT2D eigenvalue weighted by atomic mass is 10.2. The van der Waals surface area contributed by atoms with E-state index in [1.165, 1.54) is 10.7 Å². The van der Waals surface area contributed by atoms with E-state index in [1.54, 1.807) is 25.4 Å². The van der Waals surface area contributed by atoms with E-state index in [4.69, 9.17) is 23.2 Å². The van der Waals surface area contributed by atoms with Gasteiger partial charge in [-0.1, -0.05) is 29.3 Å². The Morgan fingerprint density at radius 2 is 2.06 bits per heavy atom. The van der Waals surface area contributed by atoms with Gasteiger partial charge >= 0.3 is 0 Å². The molecule has 0 radical (unpaired) electrons.